The first-order valence-electron chi connectivity index (χ1n) is 6.23. The molecule has 1 heterocycles. The maximum Gasteiger partial charge on any atom is 0.135 e. The second kappa shape index (κ2) is 5.25. The molecule has 1 fully saturated rings. The van der Waals surface area contributed by atoms with E-state index >= 15 is 0 Å². The van der Waals surface area contributed by atoms with Crippen molar-refractivity contribution in [2.45, 2.75) is 25.3 Å². The molecule has 0 bridgehead atoms. The normalized spacial score (nSPS) is 14.4. The average Bonchev–Trinajstić information content (AvgIpc) is 3.20. The van der Waals surface area contributed by atoms with Crippen molar-refractivity contribution in [1.82, 2.24) is 9.97 Å². The third-order valence-corrected chi connectivity index (χ3v) is 3.42. The van der Waals surface area contributed by atoms with Crippen molar-refractivity contribution in [3.63, 3.8) is 0 Å². The summed E-state index contributed by atoms with van der Waals surface area (Å²) in [5, 5.41) is 3.20. The summed E-state index contributed by atoms with van der Waals surface area (Å²) in [5.74, 6) is 1.94. The highest BCUT2D eigenvalue weighted by molar-refractivity contribution is 9.10. The molecule has 1 aliphatic rings. The fraction of sp³-hybridized carbons (Fsp3) is 0.286. The van der Waals surface area contributed by atoms with Crippen LogP contribution in [0.2, 0.25) is 0 Å². The minimum absolute atomic E-state index is 0.221. The van der Waals surface area contributed by atoms with Gasteiger partial charge in [0.2, 0.25) is 0 Å². The first-order chi connectivity index (χ1) is 9.20. The molecular formula is C14H13BrFN3. The maximum atomic E-state index is 13.1. The smallest absolute Gasteiger partial charge is 0.135 e. The number of halogens is 2. The Balaban J connectivity index is 1.72. The topological polar surface area (TPSA) is 37.8 Å². The van der Waals surface area contributed by atoms with Gasteiger partial charge in [0.25, 0.3) is 0 Å². The van der Waals surface area contributed by atoms with Gasteiger partial charge in [-0.15, -0.1) is 0 Å². The Hall–Kier alpha value is -1.49. The number of hydrogen-bond donors (Lipinski definition) is 1. The van der Waals surface area contributed by atoms with Gasteiger partial charge in [0.05, 0.1) is 0 Å². The van der Waals surface area contributed by atoms with E-state index < -0.39 is 0 Å². The highest BCUT2D eigenvalue weighted by Gasteiger charge is 2.27. The van der Waals surface area contributed by atoms with E-state index in [0.717, 1.165) is 21.8 Å². The van der Waals surface area contributed by atoms with Gasteiger partial charge >= 0.3 is 0 Å². The minimum atomic E-state index is -0.221. The maximum absolute atomic E-state index is 13.1. The van der Waals surface area contributed by atoms with Crippen LogP contribution < -0.4 is 5.32 Å². The molecule has 19 heavy (non-hydrogen) atoms. The standard InChI is InChI=1S/C14H13BrFN3/c15-12-7-13(19-14(18-12)10-4-5-10)17-8-9-2-1-3-11(16)6-9/h1-3,6-7,10H,4-5,8H2,(H,17,18,19). The summed E-state index contributed by atoms with van der Waals surface area (Å²) >= 11 is 3.40. The predicted octanol–water partition coefficient (Wildman–Crippen LogP) is 3.87. The third-order valence-electron chi connectivity index (χ3n) is 3.02. The molecule has 0 aliphatic heterocycles. The summed E-state index contributed by atoms with van der Waals surface area (Å²) in [6.45, 7) is 0.547. The van der Waals surface area contributed by atoms with E-state index in [1.54, 1.807) is 6.07 Å². The van der Waals surface area contributed by atoms with E-state index in [1.165, 1.54) is 25.0 Å². The second-order valence-corrected chi connectivity index (χ2v) is 5.50. The second-order valence-electron chi connectivity index (χ2n) is 4.69. The number of hydrogen-bond acceptors (Lipinski definition) is 3. The van der Waals surface area contributed by atoms with E-state index in [2.05, 4.69) is 31.2 Å². The van der Waals surface area contributed by atoms with Gasteiger partial charge in [-0.1, -0.05) is 12.1 Å². The Labute approximate surface area is 119 Å². The summed E-state index contributed by atoms with van der Waals surface area (Å²) in [5.41, 5.74) is 0.891. The Morgan fingerprint density at radius 3 is 2.84 bits per heavy atom. The highest BCUT2D eigenvalue weighted by Crippen LogP contribution is 2.38. The van der Waals surface area contributed by atoms with Crippen LogP contribution in [0.5, 0.6) is 0 Å². The fourth-order valence-corrected chi connectivity index (χ4v) is 2.29. The van der Waals surface area contributed by atoms with Crippen molar-refractivity contribution in [3.8, 4) is 0 Å². The van der Waals surface area contributed by atoms with Crippen molar-refractivity contribution in [1.29, 1.82) is 0 Å². The van der Waals surface area contributed by atoms with E-state index in [9.17, 15) is 4.39 Å². The molecule has 3 rings (SSSR count). The Kier molecular flexibility index (Phi) is 3.46. The average molecular weight is 322 g/mol. The molecule has 0 amide bonds. The zero-order valence-corrected chi connectivity index (χ0v) is 11.8. The summed E-state index contributed by atoms with van der Waals surface area (Å²) < 4.78 is 13.9. The fourth-order valence-electron chi connectivity index (χ4n) is 1.89. The molecule has 0 spiro atoms. The van der Waals surface area contributed by atoms with Gasteiger partial charge < -0.3 is 5.32 Å². The lowest BCUT2D eigenvalue weighted by Gasteiger charge is -2.08. The van der Waals surface area contributed by atoms with Crippen LogP contribution in [0.4, 0.5) is 10.2 Å². The Morgan fingerprint density at radius 1 is 1.26 bits per heavy atom. The lowest BCUT2D eigenvalue weighted by atomic mass is 10.2. The molecule has 1 aromatic carbocycles. The van der Waals surface area contributed by atoms with Gasteiger partial charge in [-0.2, -0.15) is 0 Å². The van der Waals surface area contributed by atoms with E-state index in [-0.39, 0.29) is 5.82 Å². The summed E-state index contributed by atoms with van der Waals surface area (Å²) in [7, 11) is 0. The number of rotatable bonds is 4. The number of aromatic nitrogens is 2. The van der Waals surface area contributed by atoms with E-state index in [4.69, 9.17) is 0 Å². The SMILES string of the molecule is Fc1cccc(CNc2cc(Br)nc(C3CC3)n2)c1. The first kappa shape index (κ1) is 12.5. The van der Waals surface area contributed by atoms with E-state index in [0.29, 0.717) is 12.5 Å². The van der Waals surface area contributed by atoms with Crippen molar-refractivity contribution in [2.75, 3.05) is 5.32 Å². The largest absolute Gasteiger partial charge is 0.366 e. The van der Waals surface area contributed by atoms with Crippen LogP contribution in [0.15, 0.2) is 34.9 Å². The minimum Gasteiger partial charge on any atom is -0.366 e. The van der Waals surface area contributed by atoms with Crippen molar-refractivity contribution in [3.05, 3.63) is 52.1 Å². The lowest BCUT2D eigenvalue weighted by Crippen LogP contribution is -2.04. The lowest BCUT2D eigenvalue weighted by molar-refractivity contribution is 0.626. The van der Waals surface area contributed by atoms with E-state index in [1.807, 2.05) is 12.1 Å². The molecular weight excluding hydrogens is 309 g/mol. The third kappa shape index (κ3) is 3.29. The van der Waals surface area contributed by atoms with Gasteiger partial charge in [-0.25, -0.2) is 14.4 Å². The molecule has 1 aromatic heterocycles. The predicted molar refractivity (Wildman–Crippen MR) is 75.4 cm³/mol. The number of nitrogens with one attached hydrogen (secondary N) is 1. The van der Waals surface area contributed by atoms with Crippen molar-refractivity contribution in [2.24, 2.45) is 0 Å². The van der Waals surface area contributed by atoms with Crippen LogP contribution >= 0.6 is 15.9 Å². The molecule has 3 nitrogen and oxygen atoms in total. The Bertz CT molecular complexity index is 599. The van der Waals surface area contributed by atoms with Gasteiger partial charge in [0, 0.05) is 18.5 Å². The molecule has 0 saturated heterocycles. The van der Waals surface area contributed by atoms with Crippen LogP contribution in [-0.4, -0.2) is 9.97 Å². The number of nitrogens with zero attached hydrogens (tertiary/aromatic N) is 2. The van der Waals surface area contributed by atoms with Crippen LogP contribution in [0.3, 0.4) is 0 Å². The molecule has 1 N–H and O–H groups in total. The van der Waals surface area contributed by atoms with Crippen molar-refractivity contribution >= 4 is 21.7 Å². The molecule has 0 unspecified atom stereocenters. The van der Waals surface area contributed by atoms with Gasteiger partial charge in [0.1, 0.15) is 22.1 Å². The molecule has 2 aromatic rings. The molecule has 1 aliphatic carbocycles. The van der Waals surface area contributed by atoms with Crippen LogP contribution in [-0.2, 0) is 6.54 Å². The number of anilines is 1. The Morgan fingerprint density at radius 2 is 2.11 bits per heavy atom. The zero-order valence-electron chi connectivity index (χ0n) is 10.2. The van der Waals surface area contributed by atoms with Crippen LogP contribution in [0.25, 0.3) is 0 Å². The molecule has 1 saturated carbocycles. The summed E-state index contributed by atoms with van der Waals surface area (Å²) in [6, 6.07) is 8.39. The van der Waals surface area contributed by atoms with Gasteiger partial charge in [-0.3, -0.25) is 0 Å². The van der Waals surface area contributed by atoms with Gasteiger partial charge in [0.15, 0.2) is 0 Å². The zero-order chi connectivity index (χ0) is 13.2. The molecule has 0 radical (unpaired) electrons. The summed E-state index contributed by atoms with van der Waals surface area (Å²) in [6.07, 6.45) is 2.33. The van der Waals surface area contributed by atoms with Crippen LogP contribution in [0, 0.1) is 5.82 Å². The summed E-state index contributed by atoms with van der Waals surface area (Å²) in [4.78, 5) is 8.86. The first-order valence-corrected chi connectivity index (χ1v) is 7.03. The quantitative estimate of drug-likeness (QED) is 0.869. The van der Waals surface area contributed by atoms with Crippen LogP contribution in [0.1, 0.15) is 30.1 Å². The highest BCUT2D eigenvalue weighted by atomic mass is 79.9. The molecule has 5 heteroatoms. The number of benzene rings is 1. The molecule has 0 atom stereocenters. The monoisotopic (exact) mass is 321 g/mol. The van der Waals surface area contributed by atoms with Gasteiger partial charge in [-0.05, 0) is 46.5 Å². The van der Waals surface area contributed by atoms with Crippen molar-refractivity contribution < 1.29 is 4.39 Å². The molecule has 98 valence electrons.